The highest BCUT2D eigenvalue weighted by Gasteiger charge is 2.07. The van der Waals surface area contributed by atoms with Crippen LogP contribution in [0.3, 0.4) is 0 Å². The van der Waals surface area contributed by atoms with Crippen molar-refractivity contribution in [3.05, 3.63) is 24.3 Å². The number of benzene rings is 1. The monoisotopic (exact) mass is 250 g/mol. The molecule has 0 aliphatic carbocycles. The lowest BCUT2D eigenvalue weighted by atomic mass is 10.3. The van der Waals surface area contributed by atoms with Crippen LogP contribution >= 0.6 is 0 Å². The molecular weight excluding hydrogens is 240 g/mol. The normalized spacial score (nSPS) is 12.4. The molecule has 8 heteroatoms. The minimum Gasteiger partial charge on any atom is -0.271 e. The summed E-state index contributed by atoms with van der Waals surface area (Å²) in [5.74, 6) is 0. The average molecular weight is 250 g/mol. The number of rotatable bonds is 3. The minimum absolute atomic E-state index is 0.113. The Balaban J connectivity index is 3.02. The first kappa shape index (κ1) is 12.0. The number of nitrogens with one attached hydrogen (secondary N) is 1. The van der Waals surface area contributed by atoms with E-state index in [4.69, 9.17) is 5.14 Å². The molecule has 0 radical (unpaired) electrons. The van der Waals surface area contributed by atoms with Crippen LogP contribution in [0.25, 0.3) is 0 Å². The van der Waals surface area contributed by atoms with E-state index in [0.29, 0.717) is 0 Å². The Bertz CT molecular complexity index is 545. The number of hydrogen-bond donors (Lipinski definition) is 2. The Kier molecular flexibility index (Phi) is 3.03. The molecule has 0 heterocycles. The molecule has 0 bridgehead atoms. The fourth-order valence-electron chi connectivity index (χ4n) is 0.934. The minimum atomic E-state index is -3.82. The SMILES string of the molecule is CS(=O)(=O)c1ccc(NS(N)(=O)=O)cc1. The zero-order valence-electron chi connectivity index (χ0n) is 7.84. The molecule has 0 unspecified atom stereocenters. The second-order valence-electron chi connectivity index (χ2n) is 2.94. The van der Waals surface area contributed by atoms with Gasteiger partial charge in [0.1, 0.15) is 0 Å². The van der Waals surface area contributed by atoms with Crippen molar-refractivity contribution in [3.8, 4) is 0 Å². The van der Waals surface area contributed by atoms with Gasteiger partial charge in [0.15, 0.2) is 9.84 Å². The molecule has 0 saturated carbocycles. The fraction of sp³-hybridized carbons (Fsp3) is 0.143. The zero-order valence-corrected chi connectivity index (χ0v) is 9.47. The first-order chi connectivity index (χ1) is 6.68. The summed E-state index contributed by atoms with van der Waals surface area (Å²) in [6.07, 6.45) is 1.06. The molecule has 1 aromatic rings. The van der Waals surface area contributed by atoms with Gasteiger partial charge in [0.05, 0.1) is 4.90 Å². The smallest absolute Gasteiger partial charge is 0.271 e. The van der Waals surface area contributed by atoms with Gasteiger partial charge in [-0.3, -0.25) is 4.72 Å². The van der Waals surface area contributed by atoms with Crippen molar-refractivity contribution in [2.45, 2.75) is 4.90 Å². The van der Waals surface area contributed by atoms with Crippen molar-refractivity contribution in [1.82, 2.24) is 0 Å². The van der Waals surface area contributed by atoms with E-state index in [2.05, 4.69) is 0 Å². The summed E-state index contributed by atoms with van der Waals surface area (Å²) in [5, 5.41) is 4.73. The van der Waals surface area contributed by atoms with E-state index in [1.54, 1.807) is 0 Å². The second kappa shape index (κ2) is 3.80. The van der Waals surface area contributed by atoms with Crippen molar-refractivity contribution in [2.75, 3.05) is 11.0 Å². The van der Waals surface area contributed by atoms with Crippen LogP contribution < -0.4 is 9.86 Å². The summed E-state index contributed by atoms with van der Waals surface area (Å²) in [7, 11) is -7.10. The van der Waals surface area contributed by atoms with Crippen LogP contribution in [0.15, 0.2) is 29.2 Å². The second-order valence-corrected chi connectivity index (χ2v) is 6.25. The molecular formula is C7H10N2O4S2. The van der Waals surface area contributed by atoms with E-state index in [-0.39, 0.29) is 10.6 Å². The van der Waals surface area contributed by atoms with E-state index in [9.17, 15) is 16.8 Å². The van der Waals surface area contributed by atoms with Crippen LogP contribution in [0.5, 0.6) is 0 Å². The molecule has 0 amide bonds. The Morgan fingerprint density at radius 3 is 1.87 bits per heavy atom. The Morgan fingerprint density at radius 2 is 1.53 bits per heavy atom. The van der Waals surface area contributed by atoms with Gasteiger partial charge >= 0.3 is 0 Å². The first-order valence-electron chi connectivity index (χ1n) is 3.79. The number of sulfone groups is 1. The van der Waals surface area contributed by atoms with Gasteiger partial charge in [-0.2, -0.15) is 8.42 Å². The highest BCUT2D eigenvalue weighted by atomic mass is 32.2. The van der Waals surface area contributed by atoms with E-state index >= 15 is 0 Å². The zero-order chi connectivity index (χ0) is 11.7. The van der Waals surface area contributed by atoms with E-state index in [0.717, 1.165) is 6.26 Å². The van der Waals surface area contributed by atoms with Crippen LogP contribution in [-0.2, 0) is 20.0 Å². The molecule has 0 spiro atoms. The van der Waals surface area contributed by atoms with Crippen molar-refractivity contribution in [3.63, 3.8) is 0 Å². The third kappa shape index (κ3) is 3.86. The van der Waals surface area contributed by atoms with Crippen molar-refractivity contribution >= 4 is 25.7 Å². The molecule has 84 valence electrons. The molecule has 0 aromatic heterocycles. The van der Waals surface area contributed by atoms with Crippen molar-refractivity contribution in [1.29, 1.82) is 0 Å². The van der Waals surface area contributed by atoms with Crippen LogP contribution in [0.1, 0.15) is 0 Å². The summed E-state index contributed by atoms with van der Waals surface area (Å²) in [4.78, 5) is 0.113. The molecule has 1 aromatic carbocycles. The Labute approximate surface area is 88.2 Å². The van der Waals surface area contributed by atoms with E-state index < -0.39 is 20.0 Å². The van der Waals surface area contributed by atoms with Crippen molar-refractivity contribution in [2.24, 2.45) is 5.14 Å². The standard InChI is InChI=1S/C7H10N2O4S2/c1-14(10,11)7-4-2-6(3-5-7)9-15(8,12)13/h2-5,9H,1H3,(H2,8,12,13). The quantitative estimate of drug-likeness (QED) is 0.768. The Morgan fingerprint density at radius 1 is 1.07 bits per heavy atom. The highest BCUT2D eigenvalue weighted by molar-refractivity contribution is 7.91. The maximum absolute atomic E-state index is 11.1. The molecule has 0 aliphatic heterocycles. The Hall–Kier alpha value is -1.12. The topological polar surface area (TPSA) is 106 Å². The lowest BCUT2D eigenvalue weighted by Crippen LogP contribution is -2.21. The maximum atomic E-state index is 11.1. The molecule has 0 aliphatic rings. The molecule has 0 atom stereocenters. The molecule has 15 heavy (non-hydrogen) atoms. The number of anilines is 1. The van der Waals surface area contributed by atoms with Crippen LogP contribution in [0, 0.1) is 0 Å². The van der Waals surface area contributed by atoms with Gasteiger partial charge in [-0.05, 0) is 24.3 Å². The predicted molar refractivity (Wildman–Crippen MR) is 56.3 cm³/mol. The van der Waals surface area contributed by atoms with Crippen LogP contribution in [0.2, 0.25) is 0 Å². The predicted octanol–water partition coefficient (Wildman–Crippen LogP) is -0.294. The molecule has 3 N–H and O–H groups in total. The summed E-state index contributed by atoms with van der Waals surface area (Å²) in [6.45, 7) is 0. The average Bonchev–Trinajstić information content (AvgIpc) is 2.00. The van der Waals surface area contributed by atoms with Gasteiger partial charge in [-0.15, -0.1) is 0 Å². The third-order valence-electron chi connectivity index (χ3n) is 1.54. The highest BCUT2D eigenvalue weighted by Crippen LogP contribution is 2.13. The van der Waals surface area contributed by atoms with Gasteiger partial charge in [-0.25, -0.2) is 13.6 Å². The van der Waals surface area contributed by atoms with Gasteiger partial charge in [0.25, 0.3) is 10.2 Å². The van der Waals surface area contributed by atoms with Gasteiger partial charge in [-0.1, -0.05) is 0 Å². The van der Waals surface area contributed by atoms with E-state index in [1.165, 1.54) is 24.3 Å². The molecule has 0 fully saturated rings. The molecule has 6 nitrogen and oxygen atoms in total. The van der Waals surface area contributed by atoms with Crippen molar-refractivity contribution < 1.29 is 16.8 Å². The lowest BCUT2D eigenvalue weighted by molar-refractivity contribution is 0.601. The lowest BCUT2D eigenvalue weighted by Gasteiger charge is -2.03. The van der Waals surface area contributed by atoms with Crippen LogP contribution in [0.4, 0.5) is 5.69 Å². The molecule has 0 saturated heterocycles. The summed E-state index contributed by atoms with van der Waals surface area (Å²) in [5.41, 5.74) is 0.213. The fourth-order valence-corrected chi connectivity index (χ4v) is 2.03. The first-order valence-corrected chi connectivity index (χ1v) is 7.23. The summed E-state index contributed by atoms with van der Waals surface area (Å²) >= 11 is 0. The number of hydrogen-bond acceptors (Lipinski definition) is 4. The van der Waals surface area contributed by atoms with Gasteiger partial charge in [0, 0.05) is 11.9 Å². The van der Waals surface area contributed by atoms with Gasteiger partial charge in [0.2, 0.25) is 0 Å². The van der Waals surface area contributed by atoms with Gasteiger partial charge < -0.3 is 0 Å². The number of nitrogens with two attached hydrogens (primary N) is 1. The third-order valence-corrected chi connectivity index (χ3v) is 3.19. The largest absolute Gasteiger partial charge is 0.296 e. The summed E-state index contributed by atoms with van der Waals surface area (Å²) in [6, 6.07) is 5.23. The van der Waals surface area contributed by atoms with Crippen LogP contribution in [-0.4, -0.2) is 23.1 Å². The maximum Gasteiger partial charge on any atom is 0.296 e. The summed E-state index contributed by atoms with van der Waals surface area (Å²) < 4.78 is 45.4. The van der Waals surface area contributed by atoms with E-state index in [1.807, 2.05) is 4.72 Å². The molecule has 1 rings (SSSR count).